The number of carbonyl (C=O) groups excluding carboxylic acids is 1. The van der Waals surface area contributed by atoms with Crippen LogP contribution in [0.15, 0.2) is 0 Å². The fourth-order valence-electron chi connectivity index (χ4n) is 3.17. The first-order valence-corrected chi connectivity index (χ1v) is 9.83. The molecule has 0 spiro atoms. The van der Waals surface area contributed by atoms with Gasteiger partial charge in [-0.25, -0.2) is 17.9 Å². The highest BCUT2D eigenvalue weighted by atomic mass is 32.2. The molecule has 2 N–H and O–H groups in total. The van der Waals surface area contributed by atoms with Gasteiger partial charge < -0.3 is 10.1 Å². The molecule has 6 nitrogen and oxygen atoms in total. The summed E-state index contributed by atoms with van der Waals surface area (Å²) in [4.78, 5) is 11.9. The lowest BCUT2D eigenvalue weighted by Gasteiger charge is -2.35. The molecule has 1 aliphatic carbocycles. The van der Waals surface area contributed by atoms with Gasteiger partial charge in [0.05, 0.1) is 5.25 Å². The molecule has 1 amide bonds. The van der Waals surface area contributed by atoms with Crippen LogP contribution >= 0.6 is 0 Å². The molecule has 0 saturated heterocycles. The number of carbonyl (C=O) groups is 1. The molecule has 0 radical (unpaired) electrons. The van der Waals surface area contributed by atoms with Gasteiger partial charge >= 0.3 is 6.09 Å². The fraction of sp³-hybridized carbons (Fsp3) is 0.938. The number of rotatable bonds is 5. The lowest BCUT2D eigenvalue weighted by Crippen LogP contribution is -2.47. The van der Waals surface area contributed by atoms with E-state index in [2.05, 4.69) is 10.0 Å². The smallest absolute Gasteiger partial charge is 0.408 e. The number of ether oxygens (including phenoxy) is 1. The van der Waals surface area contributed by atoms with E-state index in [9.17, 15) is 13.2 Å². The zero-order valence-electron chi connectivity index (χ0n) is 15.2. The van der Waals surface area contributed by atoms with E-state index in [0.29, 0.717) is 18.8 Å². The van der Waals surface area contributed by atoms with Crippen LogP contribution in [0.4, 0.5) is 4.79 Å². The van der Waals surface area contributed by atoms with Crippen molar-refractivity contribution in [2.24, 2.45) is 5.92 Å². The molecule has 0 unspecified atom stereocenters. The van der Waals surface area contributed by atoms with Crippen molar-refractivity contribution in [3.05, 3.63) is 0 Å². The molecule has 1 fully saturated rings. The number of hydrogen-bond donors (Lipinski definition) is 2. The van der Waals surface area contributed by atoms with Gasteiger partial charge in [-0.15, -0.1) is 0 Å². The third kappa shape index (κ3) is 7.08. The normalized spacial score (nSPS) is 23.4. The molecule has 0 aromatic carbocycles. The van der Waals surface area contributed by atoms with Crippen molar-refractivity contribution in [3.63, 3.8) is 0 Å². The summed E-state index contributed by atoms with van der Waals surface area (Å²) in [7, 11) is -1.70. The molecule has 0 bridgehead atoms. The molecule has 0 atom stereocenters. The molecule has 0 heterocycles. The monoisotopic (exact) mass is 348 g/mol. The Labute approximate surface area is 140 Å². The van der Waals surface area contributed by atoms with Crippen LogP contribution in [-0.2, 0) is 14.8 Å². The SMILES string of the molecule is CNS(=O)(=O)C1CCC(CC(C)(C)NC(=O)OC(C)(C)C)CC1. The number of alkyl carbamates (subject to hydrolysis) is 1. The van der Waals surface area contributed by atoms with Crippen molar-refractivity contribution in [2.45, 2.75) is 83.1 Å². The highest BCUT2D eigenvalue weighted by Gasteiger charge is 2.33. The summed E-state index contributed by atoms with van der Waals surface area (Å²) in [6, 6.07) is 0. The zero-order valence-corrected chi connectivity index (χ0v) is 16.0. The largest absolute Gasteiger partial charge is 0.444 e. The van der Waals surface area contributed by atoms with Crippen molar-refractivity contribution in [3.8, 4) is 0 Å². The Bertz CT molecular complexity index is 501. The van der Waals surface area contributed by atoms with E-state index < -0.39 is 21.7 Å². The summed E-state index contributed by atoms with van der Waals surface area (Å²) < 4.78 is 31.4. The summed E-state index contributed by atoms with van der Waals surface area (Å²) in [6.07, 6.45) is 3.50. The molecule has 136 valence electrons. The maximum absolute atomic E-state index is 11.9. The van der Waals surface area contributed by atoms with Gasteiger partial charge in [-0.1, -0.05) is 0 Å². The van der Waals surface area contributed by atoms with E-state index in [-0.39, 0.29) is 10.8 Å². The second-order valence-corrected chi connectivity index (χ2v) is 10.3. The van der Waals surface area contributed by atoms with Crippen molar-refractivity contribution in [1.29, 1.82) is 0 Å². The number of sulfonamides is 1. The summed E-state index contributed by atoms with van der Waals surface area (Å²) >= 11 is 0. The van der Waals surface area contributed by atoms with E-state index in [1.807, 2.05) is 34.6 Å². The molecule has 1 aliphatic rings. The molecule has 1 rings (SSSR count). The van der Waals surface area contributed by atoms with Crippen molar-refractivity contribution in [2.75, 3.05) is 7.05 Å². The summed E-state index contributed by atoms with van der Waals surface area (Å²) in [6.45, 7) is 9.47. The average molecular weight is 349 g/mol. The van der Waals surface area contributed by atoms with E-state index in [4.69, 9.17) is 4.74 Å². The van der Waals surface area contributed by atoms with Crippen LogP contribution in [0.25, 0.3) is 0 Å². The topological polar surface area (TPSA) is 84.5 Å². The number of amides is 1. The lowest BCUT2D eigenvalue weighted by atomic mass is 9.80. The molecular weight excluding hydrogens is 316 g/mol. The van der Waals surface area contributed by atoms with Gasteiger partial charge in [-0.05, 0) is 79.7 Å². The first kappa shape index (κ1) is 20.2. The second kappa shape index (κ2) is 7.38. The van der Waals surface area contributed by atoms with Gasteiger partial charge in [0.2, 0.25) is 10.0 Å². The highest BCUT2D eigenvalue weighted by molar-refractivity contribution is 7.90. The minimum Gasteiger partial charge on any atom is -0.444 e. The van der Waals surface area contributed by atoms with E-state index in [1.54, 1.807) is 0 Å². The molecule has 7 heteroatoms. The van der Waals surface area contributed by atoms with E-state index in [1.165, 1.54) is 7.05 Å². The quantitative estimate of drug-likeness (QED) is 0.800. The standard InChI is InChI=1S/C16H32N2O4S/c1-15(2,3)22-14(19)18-16(4,5)11-12-7-9-13(10-8-12)23(20,21)17-6/h12-13,17H,7-11H2,1-6H3,(H,18,19). The van der Waals surface area contributed by atoms with Crippen LogP contribution in [0.1, 0.15) is 66.7 Å². The third-order valence-corrected chi connectivity index (χ3v) is 6.07. The van der Waals surface area contributed by atoms with Crippen molar-refractivity contribution < 1.29 is 17.9 Å². The van der Waals surface area contributed by atoms with Gasteiger partial charge in [0, 0.05) is 5.54 Å². The van der Waals surface area contributed by atoms with Crippen molar-refractivity contribution in [1.82, 2.24) is 10.0 Å². The maximum atomic E-state index is 11.9. The summed E-state index contributed by atoms with van der Waals surface area (Å²) in [5.74, 6) is 0.420. The fourth-order valence-corrected chi connectivity index (χ4v) is 4.39. The Morgan fingerprint density at radius 3 is 2.04 bits per heavy atom. The van der Waals surface area contributed by atoms with Crippen LogP contribution in [-0.4, -0.2) is 37.9 Å². The first-order valence-electron chi connectivity index (χ1n) is 8.28. The van der Waals surface area contributed by atoms with Crippen LogP contribution < -0.4 is 10.0 Å². The van der Waals surface area contributed by atoms with E-state index in [0.717, 1.165) is 19.3 Å². The Kier molecular flexibility index (Phi) is 6.49. The predicted molar refractivity (Wildman–Crippen MR) is 91.8 cm³/mol. The third-order valence-electron chi connectivity index (χ3n) is 4.16. The zero-order chi connectivity index (χ0) is 17.9. The molecule has 0 aromatic heterocycles. The molecule has 0 aliphatic heterocycles. The number of nitrogens with one attached hydrogen (secondary N) is 2. The summed E-state index contributed by atoms with van der Waals surface area (Å²) in [5.41, 5.74) is -0.887. The van der Waals surface area contributed by atoms with Crippen LogP contribution in [0.3, 0.4) is 0 Å². The summed E-state index contributed by atoms with van der Waals surface area (Å²) in [5, 5.41) is 2.63. The Balaban J connectivity index is 2.49. The Hall–Kier alpha value is -0.820. The predicted octanol–water partition coefficient (Wildman–Crippen LogP) is 2.79. The molecule has 0 aromatic rings. The minimum atomic E-state index is -3.17. The van der Waals surface area contributed by atoms with Crippen LogP contribution in [0.5, 0.6) is 0 Å². The van der Waals surface area contributed by atoms with Crippen LogP contribution in [0.2, 0.25) is 0 Å². The average Bonchev–Trinajstić information content (AvgIpc) is 2.35. The Morgan fingerprint density at radius 1 is 1.09 bits per heavy atom. The van der Waals surface area contributed by atoms with Gasteiger partial charge in [0.25, 0.3) is 0 Å². The molecule has 1 saturated carbocycles. The van der Waals surface area contributed by atoms with Gasteiger partial charge in [-0.2, -0.15) is 0 Å². The van der Waals surface area contributed by atoms with Gasteiger partial charge in [-0.3, -0.25) is 0 Å². The minimum absolute atomic E-state index is 0.286. The number of hydrogen-bond acceptors (Lipinski definition) is 4. The first-order chi connectivity index (χ1) is 10.3. The maximum Gasteiger partial charge on any atom is 0.408 e. The molecule has 23 heavy (non-hydrogen) atoms. The van der Waals surface area contributed by atoms with Gasteiger partial charge in [0.1, 0.15) is 5.60 Å². The van der Waals surface area contributed by atoms with Gasteiger partial charge in [0.15, 0.2) is 0 Å². The van der Waals surface area contributed by atoms with Crippen molar-refractivity contribution >= 4 is 16.1 Å². The lowest BCUT2D eigenvalue weighted by molar-refractivity contribution is 0.0455. The Morgan fingerprint density at radius 2 is 1.61 bits per heavy atom. The highest BCUT2D eigenvalue weighted by Crippen LogP contribution is 2.33. The molecular formula is C16H32N2O4S. The second-order valence-electron chi connectivity index (χ2n) is 8.11. The van der Waals surface area contributed by atoms with E-state index >= 15 is 0 Å². The van der Waals surface area contributed by atoms with Crippen LogP contribution in [0, 0.1) is 5.92 Å².